The van der Waals surface area contributed by atoms with Gasteiger partial charge in [-0.1, -0.05) is 409 Å². The zero-order chi connectivity index (χ0) is 98.6. The van der Waals surface area contributed by atoms with Gasteiger partial charge in [0.05, 0.1) is 33.6 Å². The van der Waals surface area contributed by atoms with Crippen LogP contribution in [0.15, 0.2) is 453 Å². The average molecular weight is 1920 g/mol. The van der Waals surface area contributed by atoms with Gasteiger partial charge in [-0.2, -0.15) is 0 Å². The van der Waals surface area contributed by atoms with Gasteiger partial charge in [0.1, 0.15) is 11.2 Å². The van der Waals surface area contributed by atoms with Gasteiger partial charge in [-0.3, -0.25) is 0 Å². The van der Waals surface area contributed by atoms with E-state index in [4.69, 9.17) is 4.42 Å². The van der Waals surface area contributed by atoms with Crippen LogP contribution in [-0.4, -0.2) is 0 Å². The molecular formula is C142H104N2OS2. The average Bonchev–Trinajstić information content (AvgIpc) is 1.50. The molecule has 0 radical (unpaired) electrons. The van der Waals surface area contributed by atoms with Crippen LogP contribution in [-0.2, 0) is 32.5 Å². The third kappa shape index (κ3) is 12.7. The first-order valence-corrected chi connectivity index (χ1v) is 53.4. The Hall–Kier alpha value is -16.5. The van der Waals surface area contributed by atoms with Crippen molar-refractivity contribution in [1.82, 2.24) is 0 Å². The Kier molecular flexibility index (Phi) is 18.9. The van der Waals surface area contributed by atoms with Gasteiger partial charge in [0.25, 0.3) is 0 Å². The van der Waals surface area contributed by atoms with E-state index in [1.54, 1.807) is 0 Å². The Labute approximate surface area is 866 Å². The van der Waals surface area contributed by atoms with Gasteiger partial charge in [-0.25, -0.2) is 0 Å². The smallest absolute Gasteiger partial charge is 0.135 e. The molecule has 0 amide bonds. The SMILES string of the molecule is CC(C)(C)c1ccc2c(c1)C1(c3ccccc3-c3cc(N(c4ccccc4-c4ccc5sc6ccccc6c5c4)c4ccccc4-c4cccc5c4-c4ccc(-c6ccc7c(c6)sc6ccc(-c8ccccc8N(c8ccc9c(c8)C(c8ccccc8)(c8ccc%10oc%11ccccc%11c%10c8)c8ccccc8-9)c8ccccc8-c8cccc9c8-c8ccccc8C9(C)C)cc67)cc4C5(C)C)ccc31)c1cc(C(C)(C)C)ccc1-2. The number of hydrogen-bond acceptors (Lipinski definition) is 5. The fourth-order valence-corrected chi connectivity index (χ4v) is 28.9. The van der Waals surface area contributed by atoms with E-state index in [0.717, 1.165) is 83.9 Å². The summed E-state index contributed by atoms with van der Waals surface area (Å²) in [4.78, 5) is 5.19. The van der Waals surface area contributed by atoms with Crippen molar-refractivity contribution in [3.05, 3.63) is 527 Å². The van der Waals surface area contributed by atoms with Crippen LogP contribution in [0, 0.1) is 0 Å². The summed E-state index contributed by atoms with van der Waals surface area (Å²) in [5.41, 5.74) is 49.0. The van der Waals surface area contributed by atoms with Crippen LogP contribution in [0.2, 0.25) is 0 Å². The number of para-hydroxylation sites is 5. The second-order valence-corrected chi connectivity index (χ2v) is 46.5. The quantitative estimate of drug-likeness (QED) is 0.115. The minimum Gasteiger partial charge on any atom is -0.456 e. The molecule has 147 heavy (non-hydrogen) atoms. The molecule has 0 saturated carbocycles. The van der Waals surface area contributed by atoms with Crippen molar-refractivity contribution in [2.24, 2.45) is 0 Å². The van der Waals surface area contributed by atoms with E-state index in [1.807, 2.05) is 22.7 Å². The predicted octanol–water partition coefficient (Wildman–Crippen LogP) is 39.5. The normalized spacial score (nSPS) is 14.9. The summed E-state index contributed by atoms with van der Waals surface area (Å²) in [6.45, 7) is 23.8. The van der Waals surface area contributed by atoms with E-state index in [1.165, 1.54) is 202 Å². The molecule has 5 heteroatoms. The lowest BCUT2D eigenvalue weighted by atomic mass is 9.67. The molecule has 29 rings (SSSR count). The predicted molar refractivity (Wildman–Crippen MR) is 622 cm³/mol. The molecule has 0 aliphatic heterocycles. The maximum Gasteiger partial charge on any atom is 0.135 e. The summed E-state index contributed by atoms with van der Waals surface area (Å²) in [5, 5.41) is 7.25. The Balaban J connectivity index is 0.560. The summed E-state index contributed by atoms with van der Waals surface area (Å²) >= 11 is 3.76. The lowest BCUT2D eigenvalue weighted by Gasteiger charge is -2.35. The highest BCUT2D eigenvalue weighted by Gasteiger charge is 2.54. The van der Waals surface area contributed by atoms with E-state index in [9.17, 15) is 0 Å². The molecule has 5 aliphatic rings. The molecule has 3 nitrogen and oxygen atoms in total. The molecule has 0 saturated heterocycles. The summed E-state index contributed by atoms with van der Waals surface area (Å²) in [6.07, 6.45) is 0. The van der Waals surface area contributed by atoms with E-state index < -0.39 is 10.8 Å². The number of hydrogen-bond donors (Lipinski definition) is 0. The van der Waals surface area contributed by atoms with Crippen LogP contribution >= 0.6 is 22.7 Å². The first-order valence-electron chi connectivity index (χ1n) is 51.8. The summed E-state index contributed by atoms with van der Waals surface area (Å²) < 4.78 is 11.7. The first-order chi connectivity index (χ1) is 71.7. The van der Waals surface area contributed by atoms with Gasteiger partial charge in [0.15, 0.2) is 0 Å². The van der Waals surface area contributed by atoms with E-state index in [2.05, 4.69) is 528 Å². The Bertz CT molecular complexity index is 9690. The van der Waals surface area contributed by atoms with E-state index in [0.29, 0.717) is 0 Å². The van der Waals surface area contributed by atoms with Crippen molar-refractivity contribution in [2.45, 2.75) is 102 Å². The highest BCUT2D eigenvalue weighted by atomic mass is 32.1. The third-order valence-corrected chi connectivity index (χ3v) is 36.0. The Morgan fingerprint density at radius 3 is 1.22 bits per heavy atom. The third-order valence-electron chi connectivity index (χ3n) is 33.7. The zero-order valence-corrected chi connectivity index (χ0v) is 85.5. The molecule has 5 aliphatic carbocycles. The highest BCUT2D eigenvalue weighted by Crippen LogP contribution is 2.67. The fraction of sp³-hybridized carbons (Fsp3) is 0.113. The first kappa shape index (κ1) is 87.1. The minimum atomic E-state index is -0.736. The highest BCUT2D eigenvalue weighted by molar-refractivity contribution is 7.26. The second-order valence-electron chi connectivity index (χ2n) is 44.3. The van der Waals surface area contributed by atoms with Gasteiger partial charge in [-0.15, -0.1) is 22.7 Å². The Morgan fingerprint density at radius 2 is 0.605 bits per heavy atom. The van der Waals surface area contributed by atoms with Crippen LogP contribution < -0.4 is 9.80 Å². The van der Waals surface area contributed by atoms with Gasteiger partial charge in [-0.05, 0) is 287 Å². The molecule has 24 aromatic rings. The molecular weight excluding hydrogens is 1810 g/mol. The van der Waals surface area contributed by atoms with Gasteiger partial charge < -0.3 is 14.2 Å². The maximum atomic E-state index is 6.62. The van der Waals surface area contributed by atoms with Crippen molar-refractivity contribution in [3.8, 4) is 111 Å². The lowest BCUT2D eigenvalue weighted by molar-refractivity contribution is 0.586. The van der Waals surface area contributed by atoms with Crippen molar-refractivity contribution in [3.63, 3.8) is 0 Å². The minimum absolute atomic E-state index is 0.0727. The number of benzene rings is 21. The molecule has 0 fully saturated rings. The standard InChI is InChI=1S/C142H104N2OS2/c1-137(2,3)90-62-69-99-100-70-63-91(138(4,5)6)82-123(100)142(122(99)81-90)117-49-25-15-39-98(117)111-83-93(66-72-118(111)142)143(125-52-26-17-36-95(125)87-60-74-132-113(76-87)105-43-22-31-57-131(105)146-132)127-54-28-19-41-103(127)108-46-33-51-120-136(108)110-68-59-85(78-121(110)140(120,9)10)86-58-67-106-114-77-88(61-75-133(114)147-134(106)79-86)96-37-18-27-53-126(96)144(128-55-29-20-40-102(128)107-45-32-50-119-135(107)109-44-16-23-47-115(109)139(119,7)8)94-65-71-101-97-38-14-24-48-116(97)141(124(101)84-94,89-34-12-11-13-35-89)92-64-73-130-112(80-92)104-42-21-30-56-129(104)145-130/h11-84H,1-10H3. The summed E-state index contributed by atoms with van der Waals surface area (Å²) in [7, 11) is 0. The molecule has 0 bridgehead atoms. The van der Waals surface area contributed by atoms with Crippen molar-refractivity contribution in [2.75, 3.05) is 9.80 Å². The molecule has 700 valence electrons. The monoisotopic (exact) mass is 1920 g/mol. The van der Waals surface area contributed by atoms with Gasteiger partial charge in [0, 0.05) is 95.6 Å². The van der Waals surface area contributed by atoms with Gasteiger partial charge in [0.2, 0.25) is 0 Å². The molecule has 3 heterocycles. The molecule has 1 spiro atoms. The molecule has 1 unspecified atom stereocenters. The van der Waals surface area contributed by atoms with Crippen LogP contribution in [0.1, 0.15) is 147 Å². The van der Waals surface area contributed by atoms with Crippen LogP contribution in [0.4, 0.5) is 34.1 Å². The number of thiophene rings is 2. The maximum absolute atomic E-state index is 6.62. The largest absolute Gasteiger partial charge is 0.456 e. The van der Waals surface area contributed by atoms with Crippen LogP contribution in [0.5, 0.6) is 0 Å². The number of nitrogens with zero attached hydrogens (tertiary/aromatic N) is 2. The molecule has 21 aromatic carbocycles. The van der Waals surface area contributed by atoms with Crippen molar-refractivity contribution < 1.29 is 4.42 Å². The fourth-order valence-electron chi connectivity index (χ4n) is 26.7. The number of fused-ring (bicyclic) bond motifs is 28. The van der Waals surface area contributed by atoms with Crippen LogP contribution in [0.3, 0.4) is 0 Å². The van der Waals surface area contributed by atoms with Crippen molar-refractivity contribution in [1.29, 1.82) is 0 Å². The van der Waals surface area contributed by atoms with Gasteiger partial charge >= 0.3 is 0 Å². The summed E-state index contributed by atoms with van der Waals surface area (Å²) in [6, 6.07) is 173. The topological polar surface area (TPSA) is 19.6 Å². The number of anilines is 6. The Morgan fingerprint density at radius 1 is 0.204 bits per heavy atom. The van der Waals surface area contributed by atoms with Crippen molar-refractivity contribution >= 4 is 119 Å². The van der Waals surface area contributed by atoms with Crippen LogP contribution in [0.25, 0.3) is 174 Å². The lowest BCUT2D eigenvalue weighted by Crippen LogP contribution is -2.28. The molecule has 0 N–H and O–H groups in total. The molecule has 3 aromatic heterocycles. The number of furan rings is 1. The second kappa shape index (κ2) is 32.0. The zero-order valence-electron chi connectivity index (χ0n) is 83.8. The van der Waals surface area contributed by atoms with E-state index in [-0.39, 0.29) is 21.7 Å². The van der Waals surface area contributed by atoms with E-state index >= 15 is 0 Å². The number of rotatable bonds is 13. The molecule has 1 atom stereocenters. The summed E-state index contributed by atoms with van der Waals surface area (Å²) in [5.74, 6) is 0.